The molecule has 19 heavy (non-hydrogen) atoms. The van der Waals surface area contributed by atoms with Crippen molar-refractivity contribution in [2.45, 2.75) is 45.2 Å². The third-order valence-electron chi connectivity index (χ3n) is 3.95. The van der Waals surface area contributed by atoms with Crippen LogP contribution in [0.3, 0.4) is 0 Å². The summed E-state index contributed by atoms with van der Waals surface area (Å²) in [4.78, 5) is 2.59. The van der Waals surface area contributed by atoms with Gasteiger partial charge in [0.2, 0.25) is 0 Å². The molecule has 1 aromatic rings. The Kier molecular flexibility index (Phi) is 6.15. The van der Waals surface area contributed by atoms with Gasteiger partial charge in [0, 0.05) is 17.6 Å². The number of piperidine rings is 1. The van der Waals surface area contributed by atoms with Crippen molar-refractivity contribution in [3.8, 4) is 0 Å². The standard InChI is InChI=1S/C16H25ClN2/c1-2-3-10-19-11-8-15(9-12-19)18-13-14-6-4-5-7-16(14)17/h4-7,15,18H,2-3,8-13H2,1H3. The van der Waals surface area contributed by atoms with Gasteiger partial charge in [-0.1, -0.05) is 43.1 Å². The van der Waals surface area contributed by atoms with Crippen molar-refractivity contribution in [3.05, 3.63) is 34.9 Å². The maximum absolute atomic E-state index is 6.17. The van der Waals surface area contributed by atoms with Crippen molar-refractivity contribution in [1.29, 1.82) is 0 Å². The smallest absolute Gasteiger partial charge is 0.0450 e. The molecule has 1 N–H and O–H groups in total. The largest absolute Gasteiger partial charge is 0.310 e. The van der Waals surface area contributed by atoms with Crippen molar-refractivity contribution in [2.75, 3.05) is 19.6 Å². The average Bonchev–Trinajstić information content (AvgIpc) is 2.45. The van der Waals surface area contributed by atoms with Crippen molar-refractivity contribution in [2.24, 2.45) is 0 Å². The zero-order valence-corrected chi connectivity index (χ0v) is 12.6. The predicted octanol–water partition coefficient (Wildman–Crippen LogP) is 3.69. The van der Waals surface area contributed by atoms with Gasteiger partial charge in [-0.25, -0.2) is 0 Å². The highest BCUT2D eigenvalue weighted by Gasteiger charge is 2.18. The highest BCUT2D eigenvalue weighted by Crippen LogP contribution is 2.16. The van der Waals surface area contributed by atoms with Crippen LogP contribution >= 0.6 is 11.6 Å². The van der Waals surface area contributed by atoms with E-state index in [2.05, 4.69) is 29.3 Å². The number of nitrogens with one attached hydrogen (secondary N) is 1. The van der Waals surface area contributed by atoms with Gasteiger partial charge in [0.25, 0.3) is 0 Å². The summed E-state index contributed by atoms with van der Waals surface area (Å²) in [6.45, 7) is 6.89. The van der Waals surface area contributed by atoms with Gasteiger partial charge in [-0.05, 0) is 50.5 Å². The van der Waals surface area contributed by atoms with E-state index in [1.54, 1.807) is 0 Å². The number of benzene rings is 1. The van der Waals surface area contributed by atoms with Crippen LogP contribution < -0.4 is 5.32 Å². The molecule has 0 bridgehead atoms. The predicted molar refractivity (Wildman–Crippen MR) is 82.7 cm³/mol. The summed E-state index contributed by atoms with van der Waals surface area (Å²) in [5.74, 6) is 0. The summed E-state index contributed by atoms with van der Waals surface area (Å²) >= 11 is 6.17. The van der Waals surface area contributed by atoms with Crippen LogP contribution in [0.15, 0.2) is 24.3 Å². The van der Waals surface area contributed by atoms with Crippen LogP contribution in [-0.4, -0.2) is 30.6 Å². The molecule has 3 heteroatoms. The van der Waals surface area contributed by atoms with Crippen LogP contribution in [0.2, 0.25) is 5.02 Å². The van der Waals surface area contributed by atoms with Gasteiger partial charge in [0.05, 0.1) is 0 Å². The molecule has 1 aromatic carbocycles. The number of nitrogens with zero attached hydrogens (tertiary/aromatic N) is 1. The summed E-state index contributed by atoms with van der Waals surface area (Å²) < 4.78 is 0. The molecule has 0 radical (unpaired) electrons. The fourth-order valence-electron chi connectivity index (χ4n) is 2.64. The molecule has 0 atom stereocenters. The second-order valence-electron chi connectivity index (χ2n) is 5.44. The number of rotatable bonds is 6. The van der Waals surface area contributed by atoms with E-state index in [-0.39, 0.29) is 0 Å². The molecular weight excluding hydrogens is 256 g/mol. The normalized spacial score (nSPS) is 17.8. The van der Waals surface area contributed by atoms with E-state index in [0.717, 1.165) is 11.6 Å². The van der Waals surface area contributed by atoms with E-state index in [9.17, 15) is 0 Å². The van der Waals surface area contributed by atoms with Gasteiger partial charge in [0.15, 0.2) is 0 Å². The average molecular weight is 281 g/mol. The molecule has 1 fully saturated rings. The van der Waals surface area contributed by atoms with Crippen LogP contribution in [0.1, 0.15) is 38.2 Å². The van der Waals surface area contributed by atoms with Gasteiger partial charge in [-0.2, -0.15) is 0 Å². The van der Waals surface area contributed by atoms with Crippen LogP contribution in [0.25, 0.3) is 0 Å². The lowest BCUT2D eigenvalue weighted by Crippen LogP contribution is -2.42. The van der Waals surface area contributed by atoms with Crippen molar-refractivity contribution in [1.82, 2.24) is 10.2 Å². The highest BCUT2D eigenvalue weighted by molar-refractivity contribution is 6.31. The minimum Gasteiger partial charge on any atom is -0.310 e. The Morgan fingerprint density at radius 2 is 2.00 bits per heavy atom. The Morgan fingerprint density at radius 1 is 1.26 bits per heavy atom. The Bertz CT molecular complexity index is 373. The van der Waals surface area contributed by atoms with E-state index in [4.69, 9.17) is 11.6 Å². The van der Waals surface area contributed by atoms with Gasteiger partial charge in [0.1, 0.15) is 0 Å². The second-order valence-corrected chi connectivity index (χ2v) is 5.85. The van der Waals surface area contributed by atoms with E-state index < -0.39 is 0 Å². The Balaban J connectivity index is 1.70. The minimum absolute atomic E-state index is 0.647. The van der Waals surface area contributed by atoms with E-state index >= 15 is 0 Å². The quantitative estimate of drug-likeness (QED) is 0.855. The summed E-state index contributed by atoms with van der Waals surface area (Å²) in [5, 5.41) is 4.51. The monoisotopic (exact) mass is 280 g/mol. The summed E-state index contributed by atoms with van der Waals surface area (Å²) in [6, 6.07) is 8.75. The van der Waals surface area contributed by atoms with E-state index in [0.29, 0.717) is 6.04 Å². The van der Waals surface area contributed by atoms with E-state index in [1.165, 1.54) is 50.9 Å². The first-order valence-corrected chi connectivity index (χ1v) is 7.86. The molecular formula is C16H25ClN2. The van der Waals surface area contributed by atoms with Crippen LogP contribution in [0.4, 0.5) is 0 Å². The Labute approximate surface area is 122 Å². The first kappa shape index (κ1) is 14.8. The number of halogens is 1. The number of unbranched alkanes of at least 4 members (excludes halogenated alkanes) is 1. The molecule has 0 unspecified atom stereocenters. The highest BCUT2D eigenvalue weighted by atomic mass is 35.5. The molecule has 0 spiro atoms. The molecule has 0 aliphatic carbocycles. The lowest BCUT2D eigenvalue weighted by atomic mass is 10.0. The molecule has 106 valence electrons. The third kappa shape index (κ3) is 4.79. The lowest BCUT2D eigenvalue weighted by Gasteiger charge is -2.32. The Hall–Kier alpha value is -0.570. The first-order valence-electron chi connectivity index (χ1n) is 7.48. The maximum atomic E-state index is 6.17. The van der Waals surface area contributed by atoms with Crippen molar-refractivity contribution in [3.63, 3.8) is 0 Å². The molecule has 2 nitrogen and oxygen atoms in total. The zero-order valence-electron chi connectivity index (χ0n) is 11.9. The number of likely N-dealkylation sites (tertiary alicyclic amines) is 1. The number of hydrogen-bond acceptors (Lipinski definition) is 2. The molecule has 0 saturated carbocycles. The third-order valence-corrected chi connectivity index (χ3v) is 4.32. The number of hydrogen-bond donors (Lipinski definition) is 1. The van der Waals surface area contributed by atoms with Gasteiger partial charge in [-0.15, -0.1) is 0 Å². The lowest BCUT2D eigenvalue weighted by molar-refractivity contribution is 0.195. The molecule has 0 amide bonds. The Morgan fingerprint density at radius 3 is 2.68 bits per heavy atom. The summed E-state index contributed by atoms with van der Waals surface area (Å²) in [7, 11) is 0. The van der Waals surface area contributed by atoms with Gasteiger partial charge >= 0.3 is 0 Å². The van der Waals surface area contributed by atoms with Crippen LogP contribution in [0, 0.1) is 0 Å². The van der Waals surface area contributed by atoms with Crippen LogP contribution in [0.5, 0.6) is 0 Å². The fraction of sp³-hybridized carbons (Fsp3) is 0.625. The SMILES string of the molecule is CCCCN1CCC(NCc2ccccc2Cl)CC1. The maximum Gasteiger partial charge on any atom is 0.0450 e. The molecule has 1 heterocycles. The first-order chi connectivity index (χ1) is 9.29. The minimum atomic E-state index is 0.647. The second kappa shape index (κ2) is 7.88. The summed E-state index contributed by atoms with van der Waals surface area (Å²) in [6.07, 6.45) is 5.14. The van der Waals surface area contributed by atoms with Crippen LogP contribution in [-0.2, 0) is 6.54 Å². The van der Waals surface area contributed by atoms with Gasteiger partial charge in [-0.3, -0.25) is 0 Å². The molecule has 2 rings (SSSR count). The topological polar surface area (TPSA) is 15.3 Å². The fourth-order valence-corrected chi connectivity index (χ4v) is 2.84. The molecule has 1 aliphatic heterocycles. The van der Waals surface area contributed by atoms with Crippen molar-refractivity contribution < 1.29 is 0 Å². The molecule has 1 aliphatic rings. The van der Waals surface area contributed by atoms with Gasteiger partial charge < -0.3 is 10.2 Å². The van der Waals surface area contributed by atoms with Crippen molar-refractivity contribution >= 4 is 11.6 Å². The summed E-state index contributed by atoms with van der Waals surface area (Å²) in [5.41, 5.74) is 1.21. The zero-order chi connectivity index (χ0) is 13.5. The molecule has 1 saturated heterocycles. The molecule has 0 aromatic heterocycles. The van der Waals surface area contributed by atoms with E-state index in [1.807, 2.05) is 12.1 Å².